The zero-order valence-corrected chi connectivity index (χ0v) is 13.5. The van der Waals surface area contributed by atoms with Crippen molar-refractivity contribution in [2.45, 2.75) is 31.5 Å². The van der Waals surface area contributed by atoms with Crippen molar-refractivity contribution in [3.63, 3.8) is 0 Å². The Morgan fingerprint density at radius 2 is 1.92 bits per heavy atom. The molecule has 0 spiro atoms. The van der Waals surface area contributed by atoms with E-state index in [2.05, 4.69) is 15.4 Å². The van der Waals surface area contributed by atoms with Crippen molar-refractivity contribution in [3.05, 3.63) is 51.9 Å². The van der Waals surface area contributed by atoms with Gasteiger partial charge in [-0.15, -0.1) is 5.10 Å². The maximum atomic E-state index is 13.0. The monoisotopic (exact) mass is 368 g/mol. The van der Waals surface area contributed by atoms with E-state index in [1.165, 1.54) is 0 Å². The Hall–Kier alpha value is -2.35. The number of aromatic nitrogens is 3. The largest absolute Gasteiger partial charge is 0.453 e. The van der Waals surface area contributed by atoms with Crippen LogP contribution in [-0.4, -0.2) is 20.5 Å². The molecule has 0 fully saturated rings. The second-order valence-corrected chi connectivity index (χ2v) is 6.39. The van der Waals surface area contributed by atoms with Crippen molar-refractivity contribution in [1.82, 2.24) is 14.8 Å². The lowest BCUT2D eigenvalue weighted by atomic mass is 9.85. The number of benzene rings is 1. The lowest BCUT2D eigenvalue weighted by molar-refractivity contribution is -0.145. The van der Waals surface area contributed by atoms with Crippen LogP contribution in [0.5, 0.6) is 0 Å². The van der Waals surface area contributed by atoms with Gasteiger partial charge >= 0.3 is 6.18 Å². The molecular weight excluding hydrogens is 357 g/mol. The van der Waals surface area contributed by atoms with E-state index >= 15 is 0 Å². The van der Waals surface area contributed by atoms with Crippen molar-refractivity contribution in [3.8, 4) is 0 Å². The van der Waals surface area contributed by atoms with Crippen LogP contribution in [0.25, 0.3) is 0 Å². The van der Waals surface area contributed by atoms with Gasteiger partial charge in [-0.25, -0.2) is 4.68 Å². The molecule has 1 N–H and O–H groups in total. The van der Waals surface area contributed by atoms with Crippen LogP contribution in [-0.2, 0) is 11.0 Å². The minimum atomic E-state index is -4.67. The minimum Gasteiger partial charge on any atom is -0.328 e. The molecule has 1 aromatic carbocycles. The number of Topliss-reactive ketones (excluding diaryl/α,β-unsaturated/α-hetero) is 1. The summed E-state index contributed by atoms with van der Waals surface area (Å²) in [5, 5.41) is 6.98. The highest BCUT2D eigenvalue weighted by atomic mass is 35.5. The van der Waals surface area contributed by atoms with Gasteiger partial charge in [0.05, 0.1) is 0 Å². The Kier molecular flexibility index (Phi) is 3.61. The van der Waals surface area contributed by atoms with E-state index in [1.54, 1.807) is 24.3 Å². The predicted octanol–water partition coefficient (Wildman–Crippen LogP) is 3.97. The number of halogens is 4. The van der Waals surface area contributed by atoms with Crippen LogP contribution < -0.4 is 5.32 Å². The molecule has 0 radical (unpaired) electrons. The number of carbonyl (C=O) groups excluding carboxylic acids is 1. The summed E-state index contributed by atoms with van der Waals surface area (Å²) >= 11 is 5.91. The first kappa shape index (κ1) is 16.1. The molecule has 0 saturated heterocycles. The number of allylic oxidation sites excluding steroid dienone is 2. The van der Waals surface area contributed by atoms with Gasteiger partial charge in [0.25, 0.3) is 5.82 Å². The second-order valence-electron chi connectivity index (χ2n) is 5.95. The van der Waals surface area contributed by atoms with Gasteiger partial charge in [0.15, 0.2) is 5.78 Å². The zero-order valence-electron chi connectivity index (χ0n) is 12.8. The summed E-state index contributed by atoms with van der Waals surface area (Å²) in [6.45, 7) is 0. The van der Waals surface area contributed by atoms with E-state index in [4.69, 9.17) is 11.6 Å². The van der Waals surface area contributed by atoms with Crippen LogP contribution in [0.1, 0.15) is 36.7 Å². The smallest absolute Gasteiger partial charge is 0.328 e. The van der Waals surface area contributed by atoms with E-state index < -0.39 is 18.0 Å². The number of hydrogen-bond donors (Lipinski definition) is 1. The van der Waals surface area contributed by atoms with Gasteiger partial charge in [-0.3, -0.25) is 4.79 Å². The molecule has 4 rings (SSSR count). The van der Waals surface area contributed by atoms with E-state index in [9.17, 15) is 18.0 Å². The molecule has 2 aromatic rings. The number of nitrogens with one attached hydrogen (secondary N) is 1. The summed E-state index contributed by atoms with van der Waals surface area (Å²) in [6.07, 6.45) is -3.07. The van der Waals surface area contributed by atoms with E-state index in [0.29, 0.717) is 41.1 Å². The summed E-state index contributed by atoms with van der Waals surface area (Å²) in [4.78, 5) is 16.1. The summed E-state index contributed by atoms with van der Waals surface area (Å²) in [5.74, 6) is -1.34. The van der Waals surface area contributed by atoms with Crippen LogP contribution in [0.15, 0.2) is 35.5 Å². The van der Waals surface area contributed by atoms with Gasteiger partial charge in [-0.2, -0.15) is 18.2 Å². The Morgan fingerprint density at radius 3 is 2.60 bits per heavy atom. The van der Waals surface area contributed by atoms with E-state index in [-0.39, 0.29) is 11.7 Å². The van der Waals surface area contributed by atoms with Crippen molar-refractivity contribution >= 4 is 23.3 Å². The molecule has 0 bridgehead atoms. The lowest BCUT2D eigenvalue weighted by Crippen LogP contribution is -2.31. The average Bonchev–Trinajstić information content (AvgIpc) is 2.98. The van der Waals surface area contributed by atoms with E-state index in [1.807, 2.05) is 0 Å². The minimum absolute atomic E-state index is 0.0132. The van der Waals surface area contributed by atoms with Crippen LogP contribution in [0.3, 0.4) is 0 Å². The zero-order chi connectivity index (χ0) is 17.8. The fourth-order valence-electron chi connectivity index (χ4n) is 3.23. The van der Waals surface area contributed by atoms with Crippen molar-refractivity contribution in [2.75, 3.05) is 5.32 Å². The number of rotatable bonds is 1. The first-order chi connectivity index (χ1) is 11.8. The molecule has 1 aromatic heterocycles. The molecule has 9 heteroatoms. The quantitative estimate of drug-likeness (QED) is 0.827. The topological polar surface area (TPSA) is 59.8 Å². The van der Waals surface area contributed by atoms with Gasteiger partial charge in [0.2, 0.25) is 5.95 Å². The fraction of sp³-hybridized carbons (Fsp3) is 0.312. The highest BCUT2D eigenvalue weighted by molar-refractivity contribution is 6.30. The maximum Gasteiger partial charge on any atom is 0.453 e. The molecule has 2 heterocycles. The number of ketones is 1. The molecule has 0 unspecified atom stereocenters. The van der Waals surface area contributed by atoms with Gasteiger partial charge in [-0.1, -0.05) is 23.7 Å². The van der Waals surface area contributed by atoms with Crippen LogP contribution in [0, 0.1) is 0 Å². The Morgan fingerprint density at radius 1 is 1.20 bits per heavy atom. The highest BCUT2D eigenvalue weighted by Crippen LogP contribution is 2.41. The van der Waals surface area contributed by atoms with Crippen molar-refractivity contribution in [2.24, 2.45) is 0 Å². The molecule has 2 aliphatic rings. The van der Waals surface area contributed by atoms with E-state index in [0.717, 1.165) is 4.68 Å². The molecule has 1 aliphatic heterocycles. The van der Waals surface area contributed by atoms with Crippen LogP contribution in [0.4, 0.5) is 19.1 Å². The molecular formula is C16H12ClF3N4O. The molecule has 0 amide bonds. The van der Waals surface area contributed by atoms with Crippen LogP contribution in [0.2, 0.25) is 5.02 Å². The predicted molar refractivity (Wildman–Crippen MR) is 84.1 cm³/mol. The van der Waals surface area contributed by atoms with Crippen LogP contribution >= 0.6 is 11.6 Å². The van der Waals surface area contributed by atoms with Gasteiger partial charge < -0.3 is 5.32 Å². The second kappa shape index (κ2) is 5.59. The summed E-state index contributed by atoms with van der Waals surface area (Å²) in [6, 6.07) is 5.88. The Bertz CT molecular complexity index is 886. The van der Waals surface area contributed by atoms with Gasteiger partial charge in [0.1, 0.15) is 6.04 Å². The third-order valence-corrected chi connectivity index (χ3v) is 4.56. The van der Waals surface area contributed by atoms with Gasteiger partial charge in [-0.05, 0) is 30.5 Å². The summed E-state index contributed by atoms with van der Waals surface area (Å²) < 4.78 is 40.3. The number of hydrogen-bond acceptors (Lipinski definition) is 4. The first-order valence-corrected chi connectivity index (χ1v) is 8.05. The lowest BCUT2D eigenvalue weighted by Gasteiger charge is -2.32. The molecule has 5 nitrogen and oxygen atoms in total. The maximum absolute atomic E-state index is 13.0. The molecule has 1 atom stereocenters. The molecule has 0 saturated carbocycles. The number of fused-ring (bicyclic) bond motifs is 1. The number of anilines is 1. The summed E-state index contributed by atoms with van der Waals surface area (Å²) in [7, 11) is 0. The standard InChI is InChI=1S/C16H12ClF3N4O/c17-9-6-4-8(5-7-9)13-12-10(2-1-3-11(12)25)21-15-22-14(16(18,19)20)23-24(13)15/h4-7,13H,1-3H2,(H,21,22,23)/t13-/m0/s1. The normalized spacial score (nSPS) is 20.2. The number of alkyl halides is 3. The fourth-order valence-corrected chi connectivity index (χ4v) is 3.36. The highest BCUT2D eigenvalue weighted by Gasteiger charge is 2.42. The Balaban J connectivity index is 1.91. The number of carbonyl (C=O) groups is 1. The SMILES string of the molecule is O=C1CCCC2=C1[C@H](c1ccc(Cl)cc1)n1nc(C(F)(F)F)nc1N2. The van der Waals surface area contributed by atoms with Crippen molar-refractivity contribution in [1.29, 1.82) is 0 Å². The van der Waals surface area contributed by atoms with Crippen molar-refractivity contribution < 1.29 is 18.0 Å². The Labute approximate surface area is 145 Å². The molecule has 1 aliphatic carbocycles. The molecule has 25 heavy (non-hydrogen) atoms. The third-order valence-electron chi connectivity index (χ3n) is 4.31. The number of nitrogens with zero attached hydrogens (tertiary/aromatic N) is 3. The average molecular weight is 369 g/mol. The third kappa shape index (κ3) is 2.70. The molecule has 130 valence electrons. The first-order valence-electron chi connectivity index (χ1n) is 7.67. The van der Waals surface area contributed by atoms with Gasteiger partial charge in [0, 0.05) is 22.7 Å². The summed E-state index contributed by atoms with van der Waals surface area (Å²) in [5.41, 5.74) is 1.69.